The van der Waals surface area contributed by atoms with Crippen LogP contribution in [-0.2, 0) is 5.75 Å². The van der Waals surface area contributed by atoms with Crippen molar-refractivity contribution < 1.29 is 0 Å². The molecule has 2 heterocycles. The van der Waals surface area contributed by atoms with Crippen LogP contribution in [-0.4, -0.2) is 14.8 Å². The van der Waals surface area contributed by atoms with E-state index in [2.05, 4.69) is 24.0 Å². The summed E-state index contributed by atoms with van der Waals surface area (Å²) in [5, 5.41) is 8.83. The lowest BCUT2D eigenvalue weighted by Gasteiger charge is -2.10. The maximum atomic E-state index is 5.88. The molecule has 0 saturated carbocycles. The number of rotatable bonds is 4. The zero-order chi connectivity index (χ0) is 12.4. The van der Waals surface area contributed by atoms with E-state index in [1.54, 1.807) is 23.1 Å². The second kappa shape index (κ2) is 5.29. The van der Waals surface area contributed by atoms with Crippen LogP contribution in [0.5, 0.6) is 0 Å². The second-order valence-electron chi connectivity index (χ2n) is 3.80. The highest BCUT2D eigenvalue weighted by atomic mass is 35.5. The van der Waals surface area contributed by atoms with Crippen molar-refractivity contribution in [3.63, 3.8) is 0 Å². The summed E-state index contributed by atoms with van der Waals surface area (Å²) < 4.78 is 2.74. The van der Waals surface area contributed by atoms with Crippen LogP contribution in [0.1, 0.15) is 24.8 Å². The molecule has 0 aliphatic heterocycles. The van der Waals surface area contributed by atoms with Gasteiger partial charge in [0.15, 0.2) is 5.16 Å². The van der Waals surface area contributed by atoms with Crippen molar-refractivity contribution in [2.24, 2.45) is 0 Å². The molecule has 92 valence electrons. The molecule has 0 radical (unpaired) electrons. The monoisotopic (exact) mass is 288 g/mol. The lowest BCUT2D eigenvalue weighted by atomic mass is 10.4. The highest BCUT2D eigenvalue weighted by Crippen LogP contribution is 2.30. The first kappa shape index (κ1) is 12.7. The van der Waals surface area contributed by atoms with Gasteiger partial charge in [0.1, 0.15) is 0 Å². The van der Waals surface area contributed by atoms with Gasteiger partial charge >= 0.3 is 0 Å². The van der Waals surface area contributed by atoms with Gasteiger partial charge in [0, 0.05) is 16.7 Å². The standard InChI is InChI=1S/C10H13ClN4S2/c1-6(2)15-9(12)13-14-10(15)16-5-7-3-4-8(11)17-7/h3-4,6H,5H2,1-2H3,(H2,12,13). The summed E-state index contributed by atoms with van der Waals surface area (Å²) in [6, 6.07) is 4.20. The van der Waals surface area contributed by atoms with Gasteiger partial charge in [-0.25, -0.2) is 0 Å². The Morgan fingerprint density at radius 2 is 2.24 bits per heavy atom. The van der Waals surface area contributed by atoms with Gasteiger partial charge in [0.05, 0.1) is 4.34 Å². The Hall–Kier alpha value is -0.720. The summed E-state index contributed by atoms with van der Waals surface area (Å²) in [6.07, 6.45) is 0. The number of halogens is 1. The van der Waals surface area contributed by atoms with Crippen molar-refractivity contribution >= 4 is 40.6 Å². The Kier molecular flexibility index (Phi) is 3.96. The van der Waals surface area contributed by atoms with Crippen LogP contribution in [0.15, 0.2) is 17.3 Å². The smallest absolute Gasteiger partial charge is 0.222 e. The number of thiophene rings is 1. The van der Waals surface area contributed by atoms with Crippen LogP contribution >= 0.6 is 34.7 Å². The molecule has 17 heavy (non-hydrogen) atoms. The molecule has 0 unspecified atom stereocenters. The van der Waals surface area contributed by atoms with E-state index in [0.717, 1.165) is 15.2 Å². The Bertz CT molecular complexity index is 506. The third-order valence-corrected chi connectivity index (χ3v) is 4.59. The molecule has 0 fully saturated rings. The first-order valence-electron chi connectivity index (χ1n) is 5.15. The number of hydrogen-bond acceptors (Lipinski definition) is 5. The van der Waals surface area contributed by atoms with Crippen LogP contribution in [0.3, 0.4) is 0 Å². The van der Waals surface area contributed by atoms with Gasteiger partial charge in [-0.15, -0.1) is 21.5 Å². The van der Waals surface area contributed by atoms with E-state index < -0.39 is 0 Å². The molecule has 2 aromatic heterocycles. The lowest BCUT2D eigenvalue weighted by molar-refractivity contribution is 0.557. The predicted molar refractivity (Wildman–Crippen MR) is 73.7 cm³/mol. The number of aromatic nitrogens is 3. The first-order valence-corrected chi connectivity index (χ1v) is 7.33. The molecular formula is C10H13ClN4S2. The summed E-state index contributed by atoms with van der Waals surface area (Å²) in [5.74, 6) is 1.30. The van der Waals surface area contributed by atoms with Crippen LogP contribution in [0, 0.1) is 0 Å². The molecule has 0 spiro atoms. The van der Waals surface area contributed by atoms with Crippen molar-refractivity contribution in [1.82, 2.24) is 14.8 Å². The molecule has 2 N–H and O–H groups in total. The minimum Gasteiger partial charge on any atom is -0.368 e. The minimum atomic E-state index is 0.263. The number of nitrogens with two attached hydrogens (primary N) is 1. The SMILES string of the molecule is CC(C)n1c(N)nnc1SCc1ccc(Cl)s1. The van der Waals surface area contributed by atoms with Crippen molar-refractivity contribution in [2.75, 3.05) is 5.73 Å². The Labute approximate surface area is 113 Å². The van der Waals surface area contributed by atoms with Gasteiger partial charge in [-0.05, 0) is 26.0 Å². The number of nitrogens with zero attached hydrogens (tertiary/aromatic N) is 3. The van der Waals surface area contributed by atoms with Crippen molar-refractivity contribution in [1.29, 1.82) is 0 Å². The Morgan fingerprint density at radius 1 is 1.47 bits per heavy atom. The van der Waals surface area contributed by atoms with Crippen molar-refractivity contribution in [3.05, 3.63) is 21.3 Å². The molecule has 0 aliphatic carbocycles. The zero-order valence-corrected chi connectivity index (χ0v) is 11.9. The molecular weight excluding hydrogens is 276 g/mol. The van der Waals surface area contributed by atoms with Gasteiger partial charge in [0.2, 0.25) is 5.95 Å². The maximum absolute atomic E-state index is 5.88. The van der Waals surface area contributed by atoms with E-state index in [0.29, 0.717) is 5.95 Å². The van der Waals surface area contributed by atoms with Gasteiger partial charge in [-0.2, -0.15) is 0 Å². The topological polar surface area (TPSA) is 56.7 Å². The number of anilines is 1. The molecule has 0 atom stereocenters. The Morgan fingerprint density at radius 3 is 2.82 bits per heavy atom. The van der Waals surface area contributed by atoms with Gasteiger partial charge < -0.3 is 5.73 Å². The van der Waals surface area contributed by atoms with Crippen LogP contribution in [0.25, 0.3) is 0 Å². The third kappa shape index (κ3) is 2.94. The molecule has 0 aliphatic rings. The molecule has 0 amide bonds. The molecule has 2 rings (SSSR count). The minimum absolute atomic E-state index is 0.263. The van der Waals surface area contributed by atoms with Crippen LogP contribution < -0.4 is 5.73 Å². The predicted octanol–water partition coefficient (Wildman–Crippen LogP) is 3.45. The van der Waals surface area contributed by atoms with E-state index in [-0.39, 0.29) is 6.04 Å². The highest BCUT2D eigenvalue weighted by molar-refractivity contribution is 7.98. The average molecular weight is 289 g/mol. The highest BCUT2D eigenvalue weighted by Gasteiger charge is 2.13. The fourth-order valence-electron chi connectivity index (χ4n) is 1.44. The van der Waals surface area contributed by atoms with Gasteiger partial charge in [0.25, 0.3) is 0 Å². The second-order valence-corrected chi connectivity index (χ2v) is 6.54. The fraction of sp³-hybridized carbons (Fsp3) is 0.400. The van der Waals surface area contributed by atoms with E-state index >= 15 is 0 Å². The Balaban J connectivity index is 2.09. The number of nitrogen functional groups attached to an aromatic ring is 1. The lowest BCUT2D eigenvalue weighted by Crippen LogP contribution is -2.06. The van der Waals surface area contributed by atoms with E-state index in [1.165, 1.54) is 4.88 Å². The van der Waals surface area contributed by atoms with Crippen molar-refractivity contribution in [3.8, 4) is 0 Å². The molecule has 0 saturated heterocycles. The normalized spacial score (nSPS) is 11.3. The summed E-state index contributed by atoms with van der Waals surface area (Å²) in [4.78, 5) is 1.22. The van der Waals surface area contributed by atoms with Gasteiger partial charge in [-0.1, -0.05) is 23.4 Å². The first-order chi connectivity index (χ1) is 8.08. The van der Waals surface area contributed by atoms with Crippen LogP contribution in [0.4, 0.5) is 5.95 Å². The fourth-order valence-corrected chi connectivity index (χ4v) is 3.64. The summed E-state index contributed by atoms with van der Waals surface area (Å²) in [7, 11) is 0. The van der Waals surface area contributed by atoms with E-state index in [9.17, 15) is 0 Å². The number of hydrogen-bond donors (Lipinski definition) is 1. The zero-order valence-electron chi connectivity index (χ0n) is 9.55. The van der Waals surface area contributed by atoms with E-state index in [1.807, 2.05) is 16.7 Å². The summed E-state index contributed by atoms with van der Waals surface area (Å²) in [5.41, 5.74) is 5.77. The van der Waals surface area contributed by atoms with Gasteiger partial charge in [-0.3, -0.25) is 4.57 Å². The largest absolute Gasteiger partial charge is 0.368 e. The van der Waals surface area contributed by atoms with Crippen LogP contribution in [0.2, 0.25) is 4.34 Å². The molecule has 7 heteroatoms. The summed E-state index contributed by atoms with van der Waals surface area (Å²) >= 11 is 9.09. The third-order valence-electron chi connectivity index (χ3n) is 2.18. The molecule has 0 bridgehead atoms. The van der Waals surface area contributed by atoms with Crippen molar-refractivity contribution in [2.45, 2.75) is 30.8 Å². The maximum Gasteiger partial charge on any atom is 0.222 e. The number of thioether (sulfide) groups is 1. The summed E-state index contributed by atoms with van der Waals surface area (Å²) in [6.45, 7) is 4.12. The molecule has 4 nitrogen and oxygen atoms in total. The molecule has 2 aromatic rings. The molecule has 0 aromatic carbocycles. The quantitative estimate of drug-likeness (QED) is 0.876. The van der Waals surface area contributed by atoms with E-state index in [4.69, 9.17) is 17.3 Å². The average Bonchev–Trinajstić information content (AvgIpc) is 2.82.